The third-order valence-corrected chi connectivity index (χ3v) is 2.45. The van der Waals surface area contributed by atoms with Gasteiger partial charge in [0.1, 0.15) is 0 Å². The van der Waals surface area contributed by atoms with Crippen molar-refractivity contribution >= 4 is 0 Å². The Morgan fingerprint density at radius 3 is 2.54 bits per heavy atom. The topological polar surface area (TPSA) is 12.5 Å². The SMILES string of the molecule is CCC/C=C(\CC)N1CCOCC1. The molecule has 1 heterocycles. The van der Waals surface area contributed by atoms with E-state index in [9.17, 15) is 0 Å². The molecule has 0 unspecified atom stereocenters. The first-order chi connectivity index (χ1) is 6.38. The summed E-state index contributed by atoms with van der Waals surface area (Å²) in [6, 6.07) is 0. The molecule has 1 aliphatic heterocycles. The van der Waals surface area contributed by atoms with Gasteiger partial charge in [0.05, 0.1) is 13.2 Å². The first-order valence-electron chi connectivity index (χ1n) is 5.40. The van der Waals surface area contributed by atoms with Gasteiger partial charge in [0, 0.05) is 18.8 Å². The maximum absolute atomic E-state index is 5.33. The fraction of sp³-hybridized carbons (Fsp3) is 0.818. The number of nitrogens with zero attached hydrogens (tertiary/aromatic N) is 1. The van der Waals surface area contributed by atoms with E-state index in [4.69, 9.17) is 4.74 Å². The minimum Gasteiger partial charge on any atom is -0.378 e. The monoisotopic (exact) mass is 183 g/mol. The third kappa shape index (κ3) is 3.39. The lowest BCUT2D eigenvalue weighted by atomic mass is 10.2. The van der Waals surface area contributed by atoms with Gasteiger partial charge in [0.25, 0.3) is 0 Å². The normalized spacial score (nSPS) is 19.2. The van der Waals surface area contributed by atoms with E-state index >= 15 is 0 Å². The van der Waals surface area contributed by atoms with E-state index in [0.717, 1.165) is 32.7 Å². The summed E-state index contributed by atoms with van der Waals surface area (Å²) in [6.45, 7) is 8.39. The molecule has 0 aromatic heterocycles. The van der Waals surface area contributed by atoms with E-state index in [1.165, 1.54) is 18.5 Å². The molecule has 2 heteroatoms. The Hall–Kier alpha value is -0.500. The molecule has 0 atom stereocenters. The molecular weight excluding hydrogens is 162 g/mol. The molecule has 0 aliphatic carbocycles. The van der Waals surface area contributed by atoms with Crippen molar-refractivity contribution in [2.24, 2.45) is 0 Å². The van der Waals surface area contributed by atoms with Crippen molar-refractivity contribution in [2.75, 3.05) is 26.3 Å². The molecule has 0 N–H and O–H groups in total. The van der Waals surface area contributed by atoms with Gasteiger partial charge in [-0.05, 0) is 12.8 Å². The van der Waals surface area contributed by atoms with Gasteiger partial charge in [-0.3, -0.25) is 0 Å². The van der Waals surface area contributed by atoms with Crippen LogP contribution in [0.25, 0.3) is 0 Å². The standard InChI is InChI=1S/C11H21NO/c1-3-5-6-11(4-2)12-7-9-13-10-8-12/h6H,3-5,7-10H2,1-2H3/b11-6+. The van der Waals surface area contributed by atoms with Crippen LogP contribution in [0.15, 0.2) is 11.8 Å². The lowest BCUT2D eigenvalue weighted by molar-refractivity contribution is 0.0522. The Morgan fingerprint density at radius 2 is 2.00 bits per heavy atom. The molecule has 0 aromatic rings. The summed E-state index contributed by atoms with van der Waals surface area (Å²) in [6.07, 6.45) is 5.99. The van der Waals surface area contributed by atoms with Gasteiger partial charge >= 0.3 is 0 Å². The lowest BCUT2D eigenvalue weighted by Gasteiger charge is -2.30. The van der Waals surface area contributed by atoms with Crippen LogP contribution in [-0.4, -0.2) is 31.2 Å². The fourth-order valence-corrected chi connectivity index (χ4v) is 1.66. The van der Waals surface area contributed by atoms with Gasteiger partial charge in [0.15, 0.2) is 0 Å². The second-order valence-corrected chi connectivity index (χ2v) is 3.44. The highest BCUT2D eigenvalue weighted by atomic mass is 16.5. The predicted molar refractivity (Wildman–Crippen MR) is 55.7 cm³/mol. The molecule has 0 saturated carbocycles. The van der Waals surface area contributed by atoms with Crippen LogP contribution in [0.3, 0.4) is 0 Å². The second-order valence-electron chi connectivity index (χ2n) is 3.44. The van der Waals surface area contributed by atoms with E-state index in [-0.39, 0.29) is 0 Å². The Morgan fingerprint density at radius 1 is 1.31 bits per heavy atom. The van der Waals surface area contributed by atoms with Crippen LogP contribution in [0.1, 0.15) is 33.1 Å². The van der Waals surface area contributed by atoms with Crippen molar-refractivity contribution in [3.05, 3.63) is 11.8 Å². The summed E-state index contributed by atoms with van der Waals surface area (Å²) in [5.41, 5.74) is 1.50. The largest absolute Gasteiger partial charge is 0.378 e. The number of hydrogen-bond donors (Lipinski definition) is 0. The molecule has 76 valence electrons. The maximum atomic E-state index is 5.33. The van der Waals surface area contributed by atoms with E-state index < -0.39 is 0 Å². The number of ether oxygens (including phenoxy) is 1. The average Bonchev–Trinajstić information content (AvgIpc) is 2.21. The summed E-state index contributed by atoms with van der Waals surface area (Å²) in [7, 11) is 0. The molecular formula is C11H21NO. The van der Waals surface area contributed by atoms with Crippen LogP contribution < -0.4 is 0 Å². The van der Waals surface area contributed by atoms with Crippen molar-refractivity contribution in [1.29, 1.82) is 0 Å². The highest BCUT2D eigenvalue weighted by molar-refractivity contribution is 5.01. The van der Waals surface area contributed by atoms with Gasteiger partial charge < -0.3 is 9.64 Å². The molecule has 1 aliphatic rings. The first kappa shape index (κ1) is 10.6. The smallest absolute Gasteiger partial charge is 0.0642 e. The quantitative estimate of drug-likeness (QED) is 0.663. The van der Waals surface area contributed by atoms with Crippen LogP contribution >= 0.6 is 0 Å². The van der Waals surface area contributed by atoms with E-state index in [1.54, 1.807) is 0 Å². The van der Waals surface area contributed by atoms with E-state index in [0.29, 0.717) is 0 Å². The Balaban J connectivity index is 2.43. The number of morpholine rings is 1. The highest BCUT2D eigenvalue weighted by Gasteiger charge is 2.11. The number of rotatable bonds is 4. The summed E-state index contributed by atoms with van der Waals surface area (Å²) >= 11 is 0. The van der Waals surface area contributed by atoms with Crippen molar-refractivity contribution < 1.29 is 4.74 Å². The summed E-state index contributed by atoms with van der Waals surface area (Å²) < 4.78 is 5.33. The average molecular weight is 183 g/mol. The van der Waals surface area contributed by atoms with Gasteiger partial charge in [-0.2, -0.15) is 0 Å². The molecule has 1 rings (SSSR count). The molecule has 1 fully saturated rings. The Kier molecular flexibility index (Phi) is 4.91. The second kappa shape index (κ2) is 6.03. The van der Waals surface area contributed by atoms with Crippen molar-refractivity contribution in [3.8, 4) is 0 Å². The molecule has 13 heavy (non-hydrogen) atoms. The van der Waals surface area contributed by atoms with Gasteiger partial charge in [-0.25, -0.2) is 0 Å². The molecule has 0 aromatic carbocycles. The molecule has 0 radical (unpaired) electrons. The molecule has 0 amide bonds. The minimum atomic E-state index is 0.892. The van der Waals surface area contributed by atoms with E-state index in [2.05, 4.69) is 24.8 Å². The molecule has 2 nitrogen and oxygen atoms in total. The zero-order valence-electron chi connectivity index (χ0n) is 8.88. The Labute approximate surface area is 81.6 Å². The molecule has 1 saturated heterocycles. The first-order valence-corrected chi connectivity index (χ1v) is 5.40. The lowest BCUT2D eigenvalue weighted by Crippen LogP contribution is -2.35. The van der Waals surface area contributed by atoms with Crippen molar-refractivity contribution in [2.45, 2.75) is 33.1 Å². The maximum Gasteiger partial charge on any atom is 0.0642 e. The van der Waals surface area contributed by atoms with Gasteiger partial charge in [-0.15, -0.1) is 0 Å². The van der Waals surface area contributed by atoms with Crippen LogP contribution in [-0.2, 0) is 4.74 Å². The van der Waals surface area contributed by atoms with Crippen LogP contribution in [0.5, 0.6) is 0 Å². The highest BCUT2D eigenvalue weighted by Crippen LogP contribution is 2.12. The van der Waals surface area contributed by atoms with Gasteiger partial charge in [0.2, 0.25) is 0 Å². The minimum absolute atomic E-state index is 0.892. The Bertz CT molecular complexity index is 159. The van der Waals surface area contributed by atoms with Crippen LogP contribution in [0.2, 0.25) is 0 Å². The summed E-state index contributed by atoms with van der Waals surface area (Å²) in [5, 5.41) is 0. The zero-order chi connectivity index (χ0) is 9.52. The summed E-state index contributed by atoms with van der Waals surface area (Å²) in [4.78, 5) is 2.46. The number of hydrogen-bond acceptors (Lipinski definition) is 2. The number of allylic oxidation sites excluding steroid dienone is 2. The van der Waals surface area contributed by atoms with Crippen molar-refractivity contribution in [1.82, 2.24) is 4.90 Å². The summed E-state index contributed by atoms with van der Waals surface area (Å²) in [5.74, 6) is 0. The van der Waals surface area contributed by atoms with Crippen LogP contribution in [0.4, 0.5) is 0 Å². The number of unbranched alkanes of at least 4 members (excludes halogenated alkanes) is 1. The molecule has 0 spiro atoms. The zero-order valence-corrected chi connectivity index (χ0v) is 8.88. The predicted octanol–water partition coefficient (Wildman–Crippen LogP) is 2.41. The third-order valence-electron chi connectivity index (χ3n) is 2.45. The van der Waals surface area contributed by atoms with Crippen LogP contribution in [0, 0.1) is 0 Å². The molecule has 0 bridgehead atoms. The van der Waals surface area contributed by atoms with E-state index in [1.807, 2.05) is 0 Å². The van der Waals surface area contributed by atoms with Crippen molar-refractivity contribution in [3.63, 3.8) is 0 Å². The van der Waals surface area contributed by atoms with Gasteiger partial charge in [-0.1, -0.05) is 26.3 Å². The fourth-order valence-electron chi connectivity index (χ4n) is 1.66.